The molecule has 1 atom stereocenters. The topological polar surface area (TPSA) is 86.9 Å². The molecule has 3 rings (SSSR count). The van der Waals surface area contributed by atoms with Gasteiger partial charge in [-0.05, 0) is 49.0 Å². The molecule has 1 aliphatic rings. The van der Waals surface area contributed by atoms with Gasteiger partial charge in [0.1, 0.15) is 5.76 Å². The van der Waals surface area contributed by atoms with Gasteiger partial charge in [-0.15, -0.1) is 0 Å². The van der Waals surface area contributed by atoms with E-state index in [4.69, 9.17) is 4.42 Å². The number of nitrogens with zero attached hydrogens (tertiary/aromatic N) is 3. The standard InChI is InChI=1S/C22H25N3O4/c1-3-24(4-2)12-13-25-20(16-7-5-11-23-15-16)19(21(27)22(25)28)18(26)10-9-17-8-6-14-29-17/h5-11,14-15,20,27H,3-4,12-13H2,1-2H3/b10-9+/t20-/m0/s1. The van der Waals surface area contributed by atoms with E-state index in [1.807, 2.05) is 0 Å². The summed E-state index contributed by atoms with van der Waals surface area (Å²) in [5, 5.41) is 10.5. The van der Waals surface area contributed by atoms with Gasteiger partial charge in [0, 0.05) is 25.5 Å². The molecule has 0 bridgehead atoms. The molecule has 0 aromatic carbocycles. The second kappa shape index (κ2) is 9.34. The van der Waals surface area contributed by atoms with Gasteiger partial charge in [0.15, 0.2) is 11.5 Å². The van der Waals surface area contributed by atoms with E-state index >= 15 is 0 Å². The predicted octanol–water partition coefficient (Wildman–Crippen LogP) is 2.99. The van der Waals surface area contributed by atoms with Gasteiger partial charge in [-0.25, -0.2) is 0 Å². The zero-order valence-electron chi connectivity index (χ0n) is 16.6. The molecule has 29 heavy (non-hydrogen) atoms. The van der Waals surface area contributed by atoms with Crippen molar-refractivity contribution in [1.82, 2.24) is 14.8 Å². The summed E-state index contributed by atoms with van der Waals surface area (Å²) in [6.45, 7) is 6.85. The third-order valence-corrected chi connectivity index (χ3v) is 5.06. The van der Waals surface area contributed by atoms with E-state index in [1.54, 1.807) is 41.6 Å². The molecule has 152 valence electrons. The van der Waals surface area contributed by atoms with Crippen molar-refractivity contribution in [2.75, 3.05) is 26.2 Å². The summed E-state index contributed by atoms with van der Waals surface area (Å²) in [6.07, 6.45) is 7.58. The van der Waals surface area contributed by atoms with Crippen LogP contribution in [0, 0.1) is 0 Å². The lowest BCUT2D eigenvalue weighted by Gasteiger charge is -2.29. The molecule has 0 unspecified atom stereocenters. The Morgan fingerprint density at radius 2 is 2.10 bits per heavy atom. The number of pyridine rings is 1. The number of carbonyl (C=O) groups is 2. The molecule has 1 aliphatic heterocycles. The van der Waals surface area contributed by atoms with Crippen molar-refractivity contribution in [3.8, 4) is 0 Å². The number of amides is 1. The summed E-state index contributed by atoms with van der Waals surface area (Å²) < 4.78 is 5.21. The van der Waals surface area contributed by atoms with Gasteiger partial charge >= 0.3 is 0 Å². The lowest BCUT2D eigenvalue weighted by atomic mass is 9.97. The van der Waals surface area contributed by atoms with Crippen molar-refractivity contribution >= 4 is 17.8 Å². The number of likely N-dealkylation sites (N-methyl/N-ethyl adjacent to an activating group) is 1. The molecule has 7 heteroatoms. The number of aliphatic hydroxyl groups excluding tert-OH is 1. The monoisotopic (exact) mass is 395 g/mol. The van der Waals surface area contributed by atoms with Crippen LogP contribution in [0.1, 0.15) is 31.2 Å². The van der Waals surface area contributed by atoms with E-state index in [9.17, 15) is 14.7 Å². The average molecular weight is 395 g/mol. The number of hydrogen-bond donors (Lipinski definition) is 1. The van der Waals surface area contributed by atoms with Crippen LogP contribution in [0.4, 0.5) is 0 Å². The molecule has 0 spiro atoms. The summed E-state index contributed by atoms with van der Waals surface area (Å²) in [4.78, 5) is 33.6. The second-order valence-corrected chi connectivity index (χ2v) is 6.69. The van der Waals surface area contributed by atoms with Crippen molar-refractivity contribution in [1.29, 1.82) is 0 Å². The van der Waals surface area contributed by atoms with Crippen LogP contribution in [0.25, 0.3) is 6.08 Å². The van der Waals surface area contributed by atoms with E-state index < -0.39 is 23.5 Å². The van der Waals surface area contributed by atoms with Gasteiger partial charge in [-0.2, -0.15) is 0 Å². The van der Waals surface area contributed by atoms with Crippen LogP contribution >= 0.6 is 0 Å². The summed E-state index contributed by atoms with van der Waals surface area (Å²) in [6, 6.07) is 6.30. The van der Waals surface area contributed by atoms with Gasteiger partial charge in [-0.1, -0.05) is 19.9 Å². The van der Waals surface area contributed by atoms with E-state index in [0.717, 1.165) is 13.1 Å². The van der Waals surface area contributed by atoms with Crippen LogP contribution < -0.4 is 0 Å². The van der Waals surface area contributed by atoms with E-state index in [0.29, 0.717) is 24.4 Å². The van der Waals surface area contributed by atoms with Crippen molar-refractivity contribution in [2.45, 2.75) is 19.9 Å². The van der Waals surface area contributed by atoms with Crippen molar-refractivity contribution in [3.05, 3.63) is 71.7 Å². The lowest BCUT2D eigenvalue weighted by molar-refractivity contribution is -0.129. The maximum absolute atomic E-state index is 12.9. The molecule has 0 aliphatic carbocycles. The van der Waals surface area contributed by atoms with Gasteiger partial charge in [-0.3, -0.25) is 14.6 Å². The van der Waals surface area contributed by atoms with Crippen molar-refractivity contribution < 1.29 is 19.1 Å². The smallest absolute Gasteiger partial charge is 0.290 e. The molecule has 0 fully saturated rings. The maximum atomic E-state index is 12.9. The number of carbonyl (C=O) groups excluding carboxylic acids is 2. The first-order valence-corrected chi connectivity index (χ1v) is 9.69. The highest BCUT2D eigenvalue weighted by molar-refractivity contribution is 6.14. The lowest BCUT2D eigenvalue weighted by Crippen LogP contribution is -2.38. The van der Waals surface area contributed by atoms with E-state index in [1.165, 1.54) is 18.4 Å². The fourth-order valence-corrected chi connectivity index (χ4v) is 3.44. The van der Waals surface area contributed by atoms with Gasteiger partial charge in [0.25, 0.3) is 5.91 Å². The number of allylic oxidation sites excluding steroid dienone is 1. The van der Waals surface area contributed by atoms with Gasteiger partial charge in [0.2, 0.25) is 0 Å². The Morgan fingerprint density at radius 1 is 1.31 bits per heavy atom. The Bertz CT molecular complexity index is 899. The molecule has 3 heterocycles. The summed E-state index contributed by atoms with van der Waals surface area (Å²) >= 11 is 0. The maximum Gasteiger partial charge on any atom is 0.290 e. The quantitative estimate of drug-likeness (QED) is 0.657. The Labute approximate surface area is 169 Å². The van der Waals surface area contributed by atoms with E-state index in [2.05, 4.69) is 23.7 Å². The average Bonchev–Trinajstić information content (AvgIpc) is 3.35. The Hall–Kier alpha value is -3.19. The first-order chi connectivity index (χ1) is 14.1. The molecule has 2 aromatic rings. The number of aromatic nitrogens is 1. The fraction of sp³-hybridized carbons (Fsp3) is 0.318. The summed E-state index contributed by atoms with van der Waals surface area (Å²) in [5.74, 6) is -0.973. The third kappa shape index (κ3) is 4.46. The van der Waals surface area contributed by atoms with E-state index in [-0.39, 0.29) is 5.57 Å². The molecule has 2 aromatic heterocycles. The summed E-state index contributed by atoms with van der Waals surface area (Å²) in [7, 11) is 0. The number of hydrogen-bond acceptors (Lipinski definition) is 6. The molecule has 0 saturated carbocycles. The largest absolute Gasteiger partial charge is 0.503 e. The molecule has 0 radical (unpaired) electrons. The first kappa shape index (κ1) is 20.5. The Morgan fingerprint density at radius 3 is 2.72 bits per heavy atom. The first-order valence-electron chi connectivity index (χ1n) is 9.69. The molecule has 1 N–H and O–H groups in total. The number of furan rings is 1. The Balaban J connectivity index is 1.92. The third-order valence-electron chi connectivity index (χ3n) is 5.06. The highest BCUT2D eigenvalue weighted by Crippen LogP contribution is 2.37. The minimum atomic E-state index is -0.680. The molecular formula is C22H25N3O4. The van der Waals surface area contributed by atoms with Crippen LogP contribution in [-0.4, -0.2) is 57.8 Å². The number of aliphatic hydroxyl groups is 1. The molecule has 7 nitrogen and oxygen atoms in total. The number of rotatable bonds is 9. The molecule has 1 amide bonds. The minimum Gasteiger partial charge on any atom is -0.503 e. The SMILES string of the molecule is CCN(CC)CCN1C(=O)C(O)=C(C(=O)/C=C/c2ccco2)[C@@H]1c1cccnc1. The van der Waals surface area contributed by atoms with Crippen LogP contribution in [0.3, 0.4) is 0 Å². The second-order valence-electron chi connectivity index (χ2n) is 6.69. The van der Waals surface area contributed by atoms with Gasteiger partial charge in [0.05, 0.1) is 17.9 Å². The highest BCUT2D eigenvalue weighted by atomic mass is 16.3. The fourth-order valence-electron chi connectivity index (χ4n) is 3.44. The molecule has 0 saturated heterocycles. The van der Waals surface area contributed by atoms with Gasteiger partial charge < -0.3 is 19.3 Å². The summed E-state index contributed by atoms with van der Waals surface area (Å²) in [5.41, 5.74) is 0.740. The van der Waals surface area contributed by atoms with Crippen LogP contribution in [-0.2, 0) is 9.59 Å². The van der Waals surface area contributed by atoms with Crippen molar-refractivity contribution in [3.63, 3.8) is 0 Å². The van der Waals surface area contributed by atoms with Crippen LogP contribution in [0.5, 0.6) is 0 Å². The minimum absolute atomic E-state index is 0.0605. The van der Waals surface area contributed by atoms with Crippen molar-refractivity contribution in [2.24, 2.45) is 0 Å². The predicted molar refractivity (Wildman–Crippen MR) is 109 cm³/mol. The molecular weight excluding hydrogens is 370 g/mol. The Kier molecular flexibility index (Phi) is 6.61. The zero-order valence-corrected chi connectivity index (χ0v) is 16.6. The zero-order chi connectivity index (χ0) is 20.8. The number of ketones is 1. The van der Waals surface area contributed by atoms with Crippen LogP contribution in [0.15, 0.2) is 64.7 Å². The van der Waals surface area contributed by atoms with Crippen LogP contribution in [0.2, 0.25) is 0 Å². The normalized spacial score (nSPS) is 17.1. The highest BCUT2D eigenvalue weighted by Gasteiger charge is 2.42.